The predicted octanol–water partition coefficient (Wildman–Crippen LogP) is -1.59. The van der Waals surface area contributed by atoms with Gasteiger partial charge in [-0.05, 0) is 0 Å². The first kappa shape index (κ1) is 13.8. The van der Waals surface area contributed by atoms with E-state index in [0.717, 1.165) is 4.90 Å². The van der Waals surface area contributed by atoms with Crippen molar-refractivity contribution in [2.75, 3.05) is 46.5 Å². The highest BCUT2D eigenvalue weighted by Crippen LogP contribution is 2.09. The zero-order valence-electron chi connectivity index (χ0n) is 10.8. The zero-order chi connectivity index (χ0) is 13.8. The topological polar surface area (TPSA) is 88.2 Å². The molecule has 2 aliphatic heterocycles. The number of hydrogen-bond donors (Lipinski definition) is 1. The van der Waals surface area contributed by atoms with Gasteiger partial charge in [0, 0.05) is 19.6 Å². The Morgan fingerprint density at radius 2 is 2.26 bits per heavy atom. The van der Waals surface area contributed by atoms with E-state index in [4.69, 9.17) is 9.47 Å². The number of carbonyl (C=O) groups excluding carboxylic acids is 3. The largest absolute Gasteiger partial charge is 0.468 e. The van der Waals surface area contributed by atoms with Crippen LogP contribution in [0.4, 0.5) is 4.79 Å². The van der Waals surface area contributed by atoms with Crippen molar-refractivity contribution in [2.24, 2.45) is 0 Å². The molecule has 2 aliphatic rings. The van der Waals surface area contributed by atoms with Crippen molar-refractivity contribution in [1.29, 1.82) is 0 Å². The van der Waals surface area contributed by atoms with E-state index in [1.54, 1.807) is 0 Å². The van der Waals surface area contributed by atoms with Crippen molar-refractivity contribution in [3.63, 3.8) is 0 Å². The van der Waals surface area contributed by atoms with Crippen molar-refractivity contribution >= 4 is 17.9 Å². The first-order valence-electron chi connectivity index (χ1n) is 6.11. The molecule has 1 unspecified atom stereocenters. The van der Waals surface area contributed by atoms with Crippen molar-refractivity contribution in [1.82, 2.24) is 15.1 Å². The fourth-order valence-corrected chi connectivity index (χ4v) is 2.17. The molecule has 0 bridgehead atoms. The van der Waals surface area contributed by atoms with E-state index in [1.165, 1.54) is 7.11 Å². The molecule has 0 aliphatic carbocycles. The number of ether oxygens (including phenoxy) is 2. The van der Waals surface area contributed by atoms with Gasteiger partial charge in [0.15, 0.2) is 0 Å². The normalized spacial score (nSPS) is 24.5. The fraction of sp³-hybridized carbons (Fsp3) is 0.727. The zero-order valence-corrected chi connectivity index (χ0v) is 10.8. The van der Waals surface area contributed by atoms with Crippen LogP contribution in [0.3, 0.4) is 0 Å². The van der Waals surface area contributed by atoms with Gasteiger partial charge in [-0.3, -0.25) is 19.4 Å². The van der Waals surface area contributed by atoms with Gasteiger partial charge >= 0.3 is 12.0 Å². The third-order valence-corrected chi connectivity index (χ3v) is 3.26. The maximum absolute atomic E-state index is 11.6. The van der Waals surface area contributed by atoms with Crippen LogP contribution < -0.4 is 5.32 Å². The highest BCUT2D eigenvalue weighted by Gasteiger charge is 2.33. The molecule has 0 radical (unpaired) electrons. The molecule has 0 aromatic carbocycles. The standard InChI is InChI=1S/C11H17N3O5/c1-18-10(16)8-7-19-5-4-13(8)2-3-14-9(15)6-12-11(14)17/h8H,2-7H2,1H3,(H,12,17). The molecular formula is C11H17N3O5. The van der Waals surface area contributed by atoms with Crippen molar-refractivity contribution < 1.29 is 23.9 Å². The molecular weight excluding hydrogens is 254 g/mol. The third kappa shape index (κ3) is 3.02. The minimum Gasteiger partial charge on any atom is -0.468 e. The number of urea groups is 1. The summed E-state index contributed by atoms with van der Waals surface area (Å²) in [6.45, 7) is 2.10. The summed E-state index contributed by atoms with van der Waals surface area (Å²) >= 11 is 0. The van der Waals surface area contributed by atoms with Crippen LogP contribution in [0.2, 0.25) is 0 Å². The number of hydrogen-bond acceptors (Lipinski definition) is 6. The van der Waals surface area contributed by atoms with E-state index in [1.807, 2.05) is 4.90 Å². The molecule has 2 fully saturated rings. The first-order chi connectivity index (χ1) is 9.13. The molecule has 8 heteroatoms. The highest BCUT2D eigenvalue weighted by atomic mass is 16.5. The molecule has 2 heterocycles. The van der Waals surface area contributed by atoms with E-state index >= 15 is 0 Å². The molecule has 19 heavy (non-hydrogen) atoms. The molecule has 0 spiro atoms. The summed E-state index contributed by atoms with van der Waals surface area (Å²) in [5.74, 6) is -0.607. The van der Waals surface area contributed by atoms with Crippen LogP contribution in [0.25, 0.3) is 0 Å². The Balaban J connectivity index is 1.91. The van der Waals surface area contributed by atoms with Gasteiger partial charge in [-0.15, -0.1) is 0 Å². The van der Waals surface area contributed by atoms with E-state index in [-0.39, 0.29) is 37.6 Å². The average Bonchev–Trinajstić information content (AvgIpc) is 2.75. The van der Waals surface area contributed by atoms with Crippen molar-refractivity contribution in [2.45, 2.75) is 6.04 Å². The summed E-state index contributed by atoms with van der Waals surface area (Å²) in [5, 5.41) is 2.45. The SMILES string of the molecule is COC(=O)C1COCCN1CCN1C(=O)CNC1=O. The Labute approximate surface area is 110 Å². The number of nitrogens with one attached hydrogen (secondary N) is 1. The molecule has 2 rings (SSSR count). The van der Waals surface area contributed by atoms with Gasteiger partial charge in [0.25, 0.3) is 0 Å². The van der Waals surface area contributed by atoms with Gasteiger partial charge in [-0.1, -0.05) is 0 Å². The molecule has 0 aromatic heterocycles. The summed E-state index contributed by atoms with van der Waals surface area (Å²) in [6, 6.07) is -0.854. The monoisotopic (exact) mass is 271 g/mol. The summed E-state index contributed by atoms with van der Waals surface area (Å²) in [4.78, 5) is 37.4. The van der Waals surface area contributed by atoms with Gasteiger partial charge in [-0.25, -0.2) is 4.79 Å². The van der Waals surface area contributed by atoms with E-state index in [9.17, 15) is 14.4 Å². The van der Waals surface area contributed by atoms with Gasteiger partial charge in [-0.2, -0.15) is 0 Å². The van der Waals surface area contributed by atoms with Gasteiger partial charge in [0.2, 0.25) is 5.91 Å². The number of amides is 3. The fourth-order valence-electron chi connectivity index (χ4n) is 2.17. The second-order valence-corrected chi connectivity index (χ2v) is 4.35. The van der Waals surface area contributed by atoms with Crippen LogP contribution in [0.1, 0.15) is 0 Å². The molecule has 8 nitrogen and oxygen atoms in total. The molecule has 2 saturated heterocycles. The number of carbonyl (C=O) groups is 3. The average molecular weight is 271 g/mol. The van der Waals surface area contributed by atoms with Gasteiger partial charge in [0.05, 0.1) is 26.9 Å². The summed E-state index contributed by atoms with van der Waals surface area (Å²) in [5.41, 5.74) is 0. The minimum absolute atomic E-state index is 0.0440. The second kappa shape index (κ2) is 5.98. The lowest BCUT2D eigenvalue weighted by atomic mass is 10.2. The summed E-state index contributed by atoms with van der Waals surface area (Å²) in [7, 11) is 1.33. The Kier molecular flexibility index (Phi) is 4.33. The van der Waals surface area contributed by atoms with Crippen LogP contribution in [0.15, 0.2) is 0 Å². The summed E-state index contributed by atoms with van der Waals surface area (Å²) < 4.78 is 9.96. The molecule has 106 valence electrons. The van der Waals surface area contributed by atoms with Crippen molar-refractivity contribution in [3.05, 3.63) is 0 Å². The highest BCUT2D eigenvalue weighted by molar-refractivity contribution is 6.01. The lowest BCUT2D eigenvalue weighted by Gasteiger charge is -2.34. The second-order valence-electron chi connectivity index (χ2n) is 4.35. The summed E-state index contributed by atoms with van der Waals surface area (Å²) in [6.07, 6.45) is 0. The van der Waals surface area contributed by atoms with Crippen LogP contribution in [0, 0.1) is 0 Å². The number of esters is 1. The number of nitrogens with zero attached hydrogens (tertiary/aromatic N) is 2. The molecule has 0 saturated carbocycles. The Morgan fingerprint density at radius 1 is 1.47 bits per heavy atom. The Morgan fingerprint density at radius 3 is 2.89 bits per heavy atom. The quantitative estimate of drug-likeness (QED) is 0.490. The first-order valence-corrected chi connectivity index (χ1v) is 6.11. The Bertz CT molecular complexity index is 371. The van der Waals surface area contributed by atoms with E-state index in [0.29, 0.717) is 19.7 Å². The van der Waals surface area contributed by atoms with E-state index in [2.05, 4.69) is 5.32 Å². The van der Waals surface area contributed by atoms with Crippen LogP contribution in [-0.4, -0.2) is 80.3 Å². The molecule has 1 N–H and O–H groups in total. The number of imide groups is 1. The number of rotatable bonds is 4. The lowest BCUT2D eigenvalue weighted by Crippen LogP contribution is -2.52. The van der Waals surface area contributed by atoms with Crippen LogP contribution >= 0.6 is 0 Å². The van der Waals surface area contributed by atoms with Crippen LogP contribution in [0.5, 0.6) is 0 Å². The third-order valence-electron chi connectivity index (χ3n) is 3.26. The molecule has 1 atom stereocenters. The maximum atomic E-state index is 11.6. The predicted molar refractivity (Wildman–Crippen MR) is 63.3 cm³/mol. The smallest absolute Gasteiger partial charge is 0.325 e. The number of methoxy groups -OCH3 is 1. The van der Waals surface area contributed by atoms with Gasteiger partial charge in [0.1, 0.15) is 6.04 Å². The van der Waals surface area contributed by atoms with Gasteiger partial charge < -0.3 is 14.8 Å². The minimum atomic E-state index is -0.473. The van der Waals surface area contributed by atoms with Crippen LogP contribution in [-0.2, 0) is 19.1 Å². The lowest BCUT2D eigenvalue weighted by molar-refractivity contribution is -0.153. The number of morpholine rings is 1. The maximum Gasteiger partial charge on any atom is 0.325 e. The molecule has 3 amide bonds. The molecule has 0 aromatic rings. The van der Waals surface area contributed by atoms with E-state index < -0.39 is 6.04 Å². The van der Waals surface area contributed by atoms with Crippen molar-refractivity contribution in [3.8, 4) is 0 Å². The Hall–Kier alpha value is -1.67.